The third-order valence-corrected chi connectivity index (χ3v) is 2.81. The highest BCUT2D eigenvalue weighted by Gasteiger charge is 1.93. The molecule has 0 N–H and O–H groups in total. The molecule has 1 heterocycles. The molecular formula is C9H7NS2. The number of benzene rings is 1. The molecule has 1 aromatic carbocycles. The van der Waals surface area contributed by atoms with Gasteiger partial charge < -0.3 is 0 Å². The van der Waals surface area contributed by atoms with Gasteiger partial charge in [0, 0.05) is 22.7 Å². The largest absolute Gasteiger partial charge is 0.264 e. The summed E-state index contributed by atoms with van der Waals surface area (Å²) in [5.41, 5.74) is 0. The van der Waals surface area contributed by atoms with E-state index in [1.165, 1.54) is 16.2 Å². The van der Waals surface area contributed by atoms with Crippen molar-refractivity contribution in [2.75, 3.05) is 0 Å². The van der Waals surface area contributed by atoms with Crippen LogP contribution in [-0.4, -0.2) is 4.98 Å². The smallest absolute Gasteiger partial charge is 0.0346 e. The van der Waals surface area contributed by atoms with Gasteiger partial charge in [0.15, 0.2) is 0 Å². The van der Waals surface area contributed by atoms with Gasteiger partial charge in [-0.1, -0.05) is 16.9 Å². The van der Waals surface area contributed by atoms with E-state index in [9.17, 15) is 0 Å². The number of aromatic nitrogens is 1. The van der Waals surface area contributed by atoms with Gasteiger partial charge in [0.2, 0.25) is 0 Å². The van der Waals surface area contributed by atoms with Crippen LogP contribution in [0.3, 0.4) is 0 Å². The first-order valence-electron chi connectivity index (χ1n) is 3.55. The Balaban J connectivity index is 2.67. The van der Waals surface area contributed by atoms with E-state index in [2.05, 4.69) is 34.8 Å². The predicted octanol–water partition coefficient (Wildman–Crippen LogP) is 3.17. The van der Waals surface area contributed by atoms with Crippen molar-refractivity contribution in [3.8, 4) is 0 Å². The number of thiol groups is 1. The lowest BCUT2D eigenvalue weighted by atomic mass is 10.2. The quantitative estimate of drug-likeness (QED) is 0.552. The number of fused-ring (bicyclic) bond motifs is 1. The van der Waals surface area contributed by atoms with Gasteiger partial charge in [-0.3, -0.25) is 4.98 Å². The van der Waals surface area contributed by atoms with E-state index < -0.39 is 0 Å². The number of pyridine rings is 1. The van der Waals surface area contributed by atoms with E-state index in [-0.39, 0.29) is 0 Å². The van der Waals surface area contributed by atoms with E-state index in [4.69, 9.17) is 0 Å². The van der Waals surface area contributed by atoms with E-state index in [1.807, 2.05) is 12.3 Å². The number of hydrogen-bond donors (Lipinski definition) is 1. The Bertz CT molecular complexity index is 400. The maximum Gasteiger partial charge on any atom is 0.0346 e. The third-order valence-electron chi connectivity index (χ3n) is 1.72. The Kier molecular flexibility index (Phi) is 2.23. The third kappa shape index (κ3) is 1.42. The lowest BCUT2D eigenvalue weighted by molar-refractivity contribution is 1.35. The van der Waals surface area contributed by atoms with Crippen LogP contribution in [0.2, 0.25) is 0 Å². The summed E-state index contributed by atoms with van der Waals surface area (Å²) in [5.74, 6) is 0. The average molecular weight is 193 g/mol. The van der Waals surface area contributed by atoms with Crippen molar-refractivity contribution < 1.29 is 0 Å². The van der Waals surface area contributed by atoms with Crippen molar-refractivity contribution in [2.24, 2.45) is 0 Å². The minimum Gasteiger partial charge on any atom is -0.264 e. The molecular weight excluding hydrogens is 186 g/mol. The Hall–Kier alpha value is -0.670. The predicted molar refractivity (Wildman–Crippen MR) is 56.6 cm³/mol. The van der Waals surface area contributed by atoms with Crippen LogP contribution in [0, 0.1) is 0 Å². The number of rotatable bonds is 1. The molecule has 2 aromatic rings. The van der Waals surface area contributed by atoms with Crippen molar-refractivity contribution in [2.45, 2.75) is 4.90 Å². The van der Waals surface area contributed by atoms with Crippen molar-refractivity contribution in [1.29, 1.82) is 0 Å². The van der Waals surface area contributed by atoms with E-state index in [1.54, 1.807) is 6.20 Å². The van der Waals surface area contributed by atoms with E-state index in [0.29, 0.717) is 0 Å². The molecule has 1 aromatic heterocycles. The maximum absolute atomic E-state index is 4.13. The normalized spacial score (nSPS) is 10.4. The molecule has 0 fully saturated rings. The van der Waals surface area contributed by atoms with Crippen LogP contribution in [0.15, 0.2) is 41.6 Å². The van der Waals surface area contributed by atoms with Gasteiger partial charge in [0.25, 0.3) is 0 Å². The lowest BCUT2D eigenvalue weighted by Crippen LogP contribution is -1.74. The fourth-order valence-corrected chi connectivity index (χ4v) is 1.77. The van der Waals surface area contributed by atoms with Gasteiger partial charge in [-0.2, -0.15) is 0 Å². The molecule has 2 rings (SSSR count). The highest BCUT2D eigenvalue weighted by atomic mass is 33.1. The fourth-order valence-electron chi connectivity index (χ4n) is 1.12. The lowest BCUT2D eigenvalue weighted by Gasteiger charge is -1.98. The number of nitrogens with zero attached hydrogens (tertiary/aromatic N) is 1. The first kappa shape index (κ1) is 7.95. The summed E-state index contributed by atoms with van der Waals surface area (Å²) in [6.45, 7) is 0. The zero-order chi connectivity index (χ0) is 8.39. The Morgan fingerprint density at radius 1 is 1.17 bits per heavy atom. The summed E-state index contributed by atoms with van der Waals surface area (Å²) < 4.78 is 0. The minimum absolute atomic E-state index is 1.15. The fraction of sp³-hybridized carbons (Fsp3) is 0. The van der Waals surface area contributed by atoms with Gasteiger partial charge in [-0.05, 0) is 23.6 Å². The SMILES string of the molecule is SSc1ccc2ccncc2c1. The highest BCUT2D eigenvalue weighted by Crippen LogP contribution is 2.24. The first-order valence-corrected chi connectivity index (χ1v) is 5.42. The van der Waals surface area contributed by atoms with Gasteiger partial charge in [0.1, 0.15) is 0 Å². The monoisotopic (exact) mass is 193 g/mol. The zero-order valence-corrected chi connectivity index (χ0v) is 7.98. The van der Waals surface area contributed by atoms with Crippen molar-refractivity contribution in [1.82, 2.24) is 4.98 Å². The van der Waals surface area contributed by atoms with E-state index in [0.717, 1.165) is 10.3 Å². The van der Waals surface area contributed by atoms with Crippen LogP contribution in [0.5, 0.6) is 0 Å². The number of hydrogen-bond acceptors (Lipinski definition) is 3. The topological polar surface area (TPSA) is 12.9 Å². The molecule has 0 atom stereocenters. The van der Waals surface area contributed by atoms with Crippen LogP contribution in [0.1, 0.15) is 0 Å². The average Bonchev–Trinajstić information content (AvgIpc) is 2.17. The molecule has 0 spiro atoms. The van der Waals surface area contributed by atoms with Gasteiger partial charge in [-0.15, -0.1) is 11.7 Å². The molecule has 0 aliphatic carbocycles. The van der Waals surface area contributed by atoms with Crippen LogP contribution in [-0.2, 0) is 0 Å². The zero-order valence-electron chi connectivity index (χ0n) is 6.27. The summed E-state index contributed by atoms with van der Waals surface area (Å²) in [4.78, 5) is 5.21. The van der Waals surface area contributed by atoms with Crippen LogP contribution >= 0.6 is 22.5 Å². The second kappa shape index (κ2) is 3.37. The van der Waals surface area contributed by atoms with Crippen LogP contribution in [0.4, 0.5) is 0 Å². The van der Waals surface area contributed by atoms with Gasteiger partial charge in [0.05, 0.1) is 0 Å². The second-order valence-electron chi connectivity index (χ2n) is 2.48. The van der Waals surface area contributed by atoms with Crippen molar-refractivity contribution in [3.63, 3.8) is 0 Å². The molecule has 0 unspecified atom stereocenters. The molecule has 12 heavy (non-hydrogen) atoms. The van der Waals surface area contributed by atoms with Gasteiger partial charge >= 0.3 is 0 Å². The molecule has 0 radical (unpaired) electrons. The van der Waals surface area contributed by atoms with Gasteiger partial charge in [-0.25, -0.2) is 0 Å². The molecule has 0 aliphatic rings. The van der Waals surface area contributed by atoms with Crippen molar-refractivity contribution >= 4 is 33.2 Å². The minimum atomic E-state index is 1.15. The summed E-state index contributed by atoms with van der Waals surface area (Å²) in [5, 5.41) is 2.38. The van der Waals surface area contributed by atoms with Crippen LogP contribution < -0.4 is 0 Å². The standard InChI is InChI=1S/C9H7NS2/c11-12-9-2-1-7-3-4-10-6-8(7)5-9/h1-6,11H. The molecule has 0 saturated carbocycles. The maximum atomic E-state index is 4.13. The molecule has 1 nitrogen and oxygen atoms in total. The first-order chi connectivity index (χ1) is 5.90. The molecule has 0 saturated heterocycles. The van der Waals surface area contributed by atoms with Crippen molar-refractivity contribution in [3.05, 3.63) is 36.7 Å². The molecule has 0 bridgehead atoms. The second-order valence-corrected chi connectivity index (χ2v) is 3.68. The summed E-state index contributed by atoms with van der Waals surface area (Å²) in [6, 6.07) is 8.22. The summed E-state index contributed by atoms with van der Waals surface area (Å²) >= 11 is 4.13. The van der Waals surface area contributed by atoms with E-state index >= 15 is 0 Å². The molecule has 3 heteroatoms. The Labute approximate surface area is 80.0 Å². The molecule has 60 valence electrons. The molecule has 0 amide bonds. The summed E-state index contributed by atoms with van der Waals surface area (Å²) in [6.07, 6.45) is 3.67. The molecule has 0 aliphatic heterocycles. The Morgan fingerprint density at radius 3 is 2.92 bits per heavy atom. The Morgan fingerprint density at radius 2 is 2.08 bits per heavy atom. The highest BCUT2D eigenvalue weighted by molar-refractivity contribution is 8.68. The summed E-state index contributed by atoms with van der Waals surface area (Å²) in [7, 11) is 1.45. The van der Waals surface area contributed by atoms with Crippen LogP contribution in [0.25, 0.3) is 10.8 Å².